The first-order valence-corrected chi connectivity index (χ1v) is 13.6. The molecular formula is C30H48O2. The van der Waals surface area contributed by atoms with E-state index in [1.165, 1.54) is 63.4 Å². The van der Waals surface area contributed by atoms with Crippen LogP contribution in [0.2, 0.25) is 0 Å². The molecule has 0 spiro atoms. The molecule has 0 saturated heterocycles. The fourth-order valence-electron chi connectivity index (χ4n) is 8.88. The zero-order chi connectivity index (χ0) is 23.3. The quantitative estimate of drug-likeness (QED) is 0.308. The van der Waals surface area contributed by atoms with Crippen LogP contribution in [0.15, 0.2) is 23.8 Å². The number of hydrogen-bond acceptors (Lipinski definition) is 2. The summed E-state index contributed by atoms with van der Waals surface area (Å²) in [5.74, 6) is 4.80. The monoisotopic (exact) mass is 440 g/mol. The highest BCUT2D eigenvalue weighted by molar-refractivity contribution is 5.66. The molecule has 180 valence electrons. The highest BCUT2D eigenvalue weighted by Gasteiger charge is 2.59. The van der Waals surface area contributed by atoms with Crippen molar-refractivity contribution in [2.45, 2.75) is 112 Å². The van der Waals surface area contributed by atoms with E-state index in [9.17, 15) is 4.79 Å². The number of carbonyl (C=O) groups excluding carboxylic acids is 1. The van der Waals surface area contributed by atoms with Crippen LogP contribution in [0.3, 0.4) is 0 Å². The fraction of sp³-hybridized carbons (Fsp3) is 0.833. The summed E-state index contributed by atoms with van der Waals surface area (Å²) in [5, 5.41) is 0. The van der Waals surface area contributed by atoms with Crippen molar-refractivity contribution in [1.29, 1.82) is 0 Å². The van der Waals surface area contributed by atoms with Crippen LogP contribution in [0.25, 0.3) is 0 Å². The Morgan fingerprint density at radius 3 is 2.53 bits per heavy atom. The van der Waals surface area contributed by atoms with E-state index < -0.39 is 0 Å². The van der Waals surface area contributed by atoms with Gasteiger partial charge in [0.15, 0.2) is 0 Å². The highest BCUT2D eigenvalue weighted by Crippen LogP contribution is 2.67. The summed E-state index contributed by atoms with van der Waals surface area (Å²) < 4.78 is 5.58. The van der Waals surface area contributed by atoms with Gasteiger partial charge in [-0.05, 0) is 117 Å². The standard InChI is InChI=1S/C30H48O2/c1-19(2)20(3)8-9-21(4)26-12-13-27-25-11-10-23-18-24(32-22(5)31)14-16-29(23,6)28(25)15-17-30(26,27)7/h18-19,21,24-28H,3,8-17H2,1-2,4-7H3/t21?,24-,25?,26?,27?,28?,29?,30?/m0/s1. The van der Waals surface area contributed by atoms with Crippen LogP contribution in [0, 0.1) is 46.3 Å². The Morgan fingerprint density at radius 2 is 1.84 bits per heavy atom. The normalized spacial score (nSPS) is 41.8. The Hall–Kier alpha value is -1.05. The number of carbonyl (C=O) groups is 1. The van der Waals surface area contributed by atoms with Gasteiger partial charge in [-0.1, -0.05) is 52.3 Å². The molecule has 4 aliphatic carbocycles. The van der Waals surface area contributed by atoms with E-state index in [1.807, 2.05) is 0 Å². The molecule has 4 aliphatic rings. The van der Waals surface area contributed by atoms with Crippen LogP contribution in [0.1, 0.15) is 106 Å². The molecule has 3 fully saturated rings. The maximum Gasteiger partial charge on any atom is 0.303 e. The minimum Gasteiger partial charge on any atom is -0.458 e. The predicted molar refractivity (Wildman–Crippen MR) is 133 cm³/mol. The van der Waals surface area contributed by atoms with Gasteiger partial charge in [0.1, 0.15) is 6.10 Å². The van der Waals surface area contributed by atoms with Crippen molar-refractivity contribution >= 4 is 5.97 Å². The summed E-state index contributed by atoms with van der Waals surface area (Å²) in [4.78, 5) is 11.5. The number of esters is 1. The zero-order valence-corrected chi connectivity index (χ0v) is 21.7. The van der Waals surface area contributed by atoms with E-state index in [4.69, 9.17) is 4.74 Å². The molecule has 0 radical (unpaired) electrons. The van der Waals surface area contributed by atoms with Crippen LogP contribution in [0.4, 0.5) is 0 Å². The third-order valence-corrected chi connectivity index (χ3v) is 10.9. The predicted octanol–water partition coefficient (Wildman–Crippen LogP) is 8.13. The molecule has 32 heavy (non-hydrogen) atoms. The number of fused-ring (bicyclic) bond motifs is 5. The Morgan fingerprint density at radius 1 is 1.09 bits per heavy atom. The first-order valence-electron chi connectivity index (χ1n) is 13.6. The largest absolute Gasteiger partial charge is 0.458 e. The second-order valence-corrected chi connectivity index (χ2v) is 12.8. The van der Waals surface area contributed by atoms with Crippen molar-refractivity contribution in [3.63, 3.8) is 0 Å². The van der Waals surface area contributed by atoms with E-state index in [1.54, 1.807) is 12.5 Å². The van der Waals surface area contributed by atoms with Gasteiger partial charge in [-0.25, -0.2) is 0 Å². The molecule has 2 nitrogen and oxygen atoms in total. The number of hydrogen-bond donors (Lipinski definition) is 0. The van der Waals surface area contributed by atoms with Crippen molar-refractivity contribution in [2.24, 2.45) is 46.3 Å². The molecule has 0 aromatic heterocycles. The van der Waals surface area contributed by atoms with E-state index in [-0.39, 0.29) is 12.1 Å². The van der Waals surface area contributed by atoms with Gasteiger partial charge in [0, 0.05) is 6.92 Å². The van der Waals surface area contributed by atoms with Gasteiger partial charge >= 0.3 is 5.97 Å². The van der Waals surface area contributed by atoms with Gasteiger partial charge in [-0.3, -0.25) is 4.79 Å². The van der Waals surface area contributed by atoms with Crippen LogP contribution in [-0.2, 0) is 9.53 Å². The molecule has 8 atom stereocenters. The Bertz CT molecular complexity index is 763. The van der Waals surface area contributed by atoms with Crippen molar-refractivity contribution in [3.8, 4) is 0 Å². The summed E-state index contributed by atoms with van der Waals surface area (Å²) in [5.41, 5.74) is 3.91. The molecule has 7 unspecified atom stereocenters. The molecule has 0 aromatic carbocycles. The lowest BCUT2D eigenvalue weighted by Gasteiger charge is -2.59. The lowest BCUT2D eigenvalue weighted by molar-refractivity contribution is -0.145. The Labute approximate surface area is 197 Å². The Balaban J connectivity index is 1.47. The first kappa shape index (κ1) is 24.1. The molecular weight excluding hydrogens is 392 g/mol. The van der Waals surface area contributed by atoms with Gasteiger partial charge in [-0.2, -0.15) is 0 Å². The van der Waals surface area contributed by atoms with E-state index >= 15 is 0 Å². The SMILES string of the molecule is C=C(CCC(C)C1CCC2C3CCC4=C[C@@H](OC(C)=O)CCC4(C)C3CCC12C)C(C)C. The highest BCUT2D eigenvalue weighted by atomic mass is 16.5. The average Bonchev–Trinajstić information content (AvgIpc) is 3.08. The molecule has 2 heteroatoms. The van der Waals surface area contributed by atoms with Crippen molar-refractivity contribution in [2.75, 3.05) is 0 Å². The lowest BCUT2D eigenvalue weighted by atomic mass is 9.46. The lowest BCUT2D eigenvalue weighted by Crippen LogP contribution is -2.51. The molecule has 0 N–H and O–H groups in total. The van der Waals surface area contributed by atoms with Gasteiger partial charge in [0.05, 0.1) is 0 Å². The second-order valence-electron chi connectivity index (χ2n) is 12.8. The maximum atomic E-state index is 11.5. The van der Waals surface area contributed by atoms with E-state index in [0.717, 1.165) is 36.0 Å². The Kier molecular flexibility index (Phi) is 6.74. The number of rotatable bonds is 6. The number of ether oxygens (including phenoxy) is 1. The van der Waals surface area contributed by atoms with E-state index in [2.05, 4.69) is 47.3 Å². The molecule has 0 heterocycles. The molecule has 0 bridgehead atoms. The molecule has 4 rings (SSSR count). The van der Waals surface area contributed by atoms with Crippen molar-refractivity contribution in [1.82, 2.24) is 0 Å². The maximum absolute atomic E-state index is 11.5. The summed E-state index contributed by atoms with van der Waals surface area (Å²) >= 11 is 0. The minimum atomic E-state index is -0.138. The summed E-state index contributed by atoms with van der Waals surface area (Å²) in [6.07, 6.45) is 15.3. The molecule has 0 aromatic rings. The summed E-state index contributed by atoms with van der Waals surface area (Å²) in [6, 6.07) is 0. The van der Waals surface area contributed by atoms with Crippen LogP contribution >= 0.6 is 0 Å². The van der Waals surface area contributed by atoms with Crippen LogP contribution in [0.5, 0.6) is 0 Å². The molecule has 0 amide bonds. The third-order valence-electron chi connectivity index (χ3n) is 10.9. The van der Waals surface area contributed by atoms with Gasteiger partial charge in [0.2, 0.25) is 0 Å². The van der Waals surface area contributed by atoms with Crippen molar-refractivity contribution in [3.05, 3.63) is 23.8 Å². The smallest absolute Gasteiger partial charge is 0.303 e. The summed E-state index contributed by atoms with van der Waals surface area (Å²) in [6.45, 7) is 18.2. The van der Waals surface area contributed by atoms with Gasteiger partial charge < -0.3 is 4.74 Å². The van der Waals surface area contributed by atoms with Crippen molar-refractivity contribution < 1.29 is 9.53 Å². The minimum absolute atomic E-state index is 0.0123. The zero-order valence-electron chi connectivity index (χ0n) is 21.7. The van der Waals surface area contributed by atoms with E-state index in [0.29, 0.717) is 16.7 Å². The first-order chi connectivity index (χ1) is 15.1. The van der Waals surface area contributed by atoms with Gasteiger partial charge in [-0.15, -0.1) is 0 Å². The van der Waals surface area contributed by atoms with Crippen LogP contribution < -0.4 is 0 Å². The third kappa shape index (κ3) is 4.14. The topological polar surface area (TPSA) is 26.3 Å². The van der Waals surface area contributed by atoms with Crippen LogP contribution in [-0.4, -0.2) is 12.1 Å². The average molecular weight is 441 g/mol. The fourth-order valence-corrected chi connectivity index (χ4v) is 8.88. The molecule has 0 aliphatic heterocycles. The number of allylic oxidation sites excluding steroid dienone is 2. The second kappa shape index (κ2) is 8.95. The summed E-state index contributed by atoms with van der Waals surface area (Å²) in [7, 11) is 0. The van der Waals surface area contributed by atoms with Gasteiger partial charge in [0.25, 0.3) is 0 Å². The molecule has 3 saturated carbocycles.